The van der Waals surface area contributed by atoms with Gasteiger partial charge in [0.05, 0.1) is 0 Å². The zero-order valence-electron chi connectivity index (χ0n) is 7.66. The summed E-state index contributed by atoms with van der Waals surface area (Å²) in [5, 5.41) is 0. The maximum absolute atomic E-state index is 3.89. The van der Waals surface area contributed by atoms with Crippen molar-refractivity contribution in [2.24, 2.45) is 11.3 Å². The smallest absolute Gasteiger partial charge is 0.0156 e. The molecule has 0 N–H and O–H groups in total. The summed E-state index contributed by atoms with van der Waals surface area (Å²) in [5.41, 5.74) is 0.108. The lowest BCUT2D eigenvalue weighted by Crippen LogP contribution is -2.24. The number of hydrogen-bond donors (Lipinski definition) is 0. The monoisotopic (exact) mass is 160 g/mol. The van der Waals surface area contributed by atoms with Crippen molar-refractivity contribution in [2.45, 2.75) is 13.3 Å². The Kier molecular flexibility index (Phi) is 2.69. The zero-order chi connectivity index (χ0) is 9.03. The lowest BCUT2D eigenvalue weighted by Gasteiger charge is -2.33. The van der Waals surface area contributed by atoms with Crippen molar-refractivity contribution >= 4 is 0 Å². The van der Waals surface area contributed by atoms with Crippen LogP contribution in [0.3, 0.4) is 0 Å². The molecule has 0 aromatic rings. The van der Waals surface area contributed by atoms with E-state index < -0.39 is 0 Å². The molecule has 2 atom stereocenters. The van der Waals surface area contributed by atoms with Crippen LogP contribution in [0.4, 0.5) is 0 Å². The molecule has 0 spiro atoms. The molecule has 0 radical (unpaired) electrons. The average molecular weight is 160 g/mol. The van der Waals surface area contributed by atoms with Crippen molar-refractivity contribution in [1.29, 1.82) is 0 Å². The molecule has 0 bridgehead atoms. The van der Waals surface area contributed by atoms with E-state index >= 15 is 0 Å². The van der Waals surface area contributed by atoms with Gasteiger partial charge >= 0.3 is 0 Å². The minimum Gasteiger partial charge on any atom is -0.102 e. The fraction of sp³-hybridized carbons (Fsp3) is 0.333. The van der Waals surface area contributed by atoms with Crippen LogP contribution in [-0.4, -0.2) is 0 Å². The summed E-state index contributed by atoms with van der Waals surface area (Å²) in [6, 6.07) is 0. The molecule has 0 aromatic heterocycles. The molecule has 1 aliphatic rings. The Bertz CT molecular complexity index is 232. The Morgan fingerprint density at radius 2 is 2.17 bits per heavy atom. The van der Waals surface area contributed by atoms with Gasteiger partial charge in [0.25, 0.3) is 0 Å². The third-order valence-electron chi connectivity index (χ3n) is 2.70. The molecule has 0 fully saturated rings. The van der Waals surface area contributed by atoms with Crippen LogP contribution < -0.4 is 0 Å². The standard InChI is InChI=1S/C12H16/c1-4-11-9-7-8-10-12(11,5-2)6-3/h4-5,7-11H,1-2,6H2,3H3. The molecular formula is C12H16. The molecule has 12 heavy (non-hydrogen) atoms. The second kappa shape index (κ2) is 3.57. The molecule has 0 saturated carbocycles. The zero-order valence-corrected chi connectivity index (χ0v) is 7.66. The lowest BCUT2D eigenvalue weighted by molar-refractivity contribution is 0.397. The third kappa shape index (κ3) is 1.29. The van der Waals surface area contributed by atoms with Gasteiger partial charge in [0.1, 0.15) is 0 Å². The first-order chi connectivity index (χ1) is 5.79. The Labute approximate surface area is 75.0 Å². The minimum absolute atomic E-state index is 0.108. The molecule has 2 unspecified atom stereocenters. The molecular weight excluding hydrogens is 144 g/mol. The Hall–Kier alpha value is -1.04. The van der Waals surface area contributed by atoms with E-state index in [2.05, 4.69) is 44.4 Å². The van der Waals surface area contributed by atoms with Crippen LogP contribution in [0.5, 0.6) is 0 Å². The molecule has 1 aliphatic carbocycles. The fourth-order valence-corrected chi connectivity index (χ4v) is 1.71. The minimum atomic E-state index is 0.108. The number of hydrogen-bond acceptors (Lipinski definition) is 0. The van der Waals surface area contributed by atoms with Gasteiger partial charge in [-0.15, -0.1) is 13.2 Å². The Morgan fingerprint density at radius 3 is 2.58 bits per heavy atom. The summed E-state index contributed by atoms with van der Waals surface area (Å²) in [7, 11) is 0. The second-order valence-corrected chi connectivity index (χ2v) is 3.18. The summed E-state index contributed by atoms with van der Waals surface area (Å²) >= 11 is 0. The quantitative estimate of drug-likeness (QED) is 0.554. The molecule has 0 amide bonds. The lowest BCUT2D eigenvalue weighted by atomic mass is 9.71. The van der Waals surface area contributed by atoms with Crippen molar-refractivity contribution < 1.29 is 0 Å². The van der Waals surface area contributed by atoms with E-state index in [-0.39, 0.29) is 5.41 Å². The summed E-state index contributed by atoms with van der Waals surface area (Å²) in [4.78, 5) is 0. The summed E-state index contributed by atoms with van der Waals surface area (Å²) in [6.45, 7) is 9.92. The van der Waals surface area contributed by atoms with E-state index in [4.69, 9.17) is 0 Å². The first kappa shape index (κ1) is 9.05. The highest BCUT2D eigenvalue weighted by Gasteiger charge is 2.28. The molecule has 0 heterocycles. The SMILES string of the molecule is C=CC1C=CC=CC1(C=C)CC. The highest BCUT2D eigenvalue weighted by Crippen LogP contribution is 2.38. The van der Waals surface area contributed by atoms with E-state index in [9.17, 15) is 0 Å². The summed E-state index contributed by atoms with van der Waals surface area (Å²) in [6.07, 6.45) is 13.7. The second-order valence-electron chi connectivity index (χ2n) is 3.18. The average Bonchev–Trinajstić information content (AvgIpc) is 2.17. The molecule has 64 valence electrons. The van der Waals surface area contributed by atoms with Gasteiger partial charge in [-0.25, -0.2) is 0 Å². The first-order valence-electron chi connectivity index (χ1n) is 4.41. The van der Waals surface area contributed by atoms with Gasteiger partial charge in [-0.2, -0.15) is 0 Å². The van der Waals surface area contributed by atoms with E-state index in [1.165, 1.54) is 0 Å². The van der Waals surface area contributed by atoms with Crippen LogP contribution in [0.1, 0.15) is 13.3 Å². The highest BCUT2D eigenvalue weighted by atomic mass is 14.3. The van der Waals surface area contributed by atoms with Gasteiger partial charge in [0.15, 0.2) is 0 Å². The number of allylic oxidation sites excluding steroid dienone is 6. The number of rotatable bonds is 3. The van der Waals surface area contributed by atoms with Crippen molar-refractivity contribution in [3.05, 3.63) is 49.6 Å². The maximum atomic E-state index is 3.89. The normalized spacial score (nSPS) is 33.2. The van der Waals surface area contributed by atoms with Crippen molar-refractivity contribution in [3.63, 3.8) is 0 Å². The van der Waals surface area contributed by atoms with Gasteiger partial charge in [0, 0.05) is 11.3 Å². The predicted octanol–water partition coefficient (Wildman–Crippen LogP) is 3.50. The van der Waals surface area contributed by atoms with Crippen molar-refractivity contribution in [2.75, 3.05) is 0 Å². The Morgan fingerprint density at radius 1 is 1.42 bits per heavy atom. The fourth-order valence-electron chi connectivity index (χ4n) is 1.71. The van der Waals surface area contributed by atoms with Gasteiger partial charge in [-0.3, -0.25) is 0 Å². The first-order valence-corrected chi connectivity index (χ1v) is 4.41. The van der Waals surface area contributed by atoms with Crippen LogP contribution in [-0.2, 0) is 0 Å². The van der Waals surface area contributed by atoms with Crippen molar-refractivity contribution in [1.82, 2.24) is 0 Å². The van der Waals surface area contributed by atoms with Crippen LogP contribution in [0.15, 0.2) is 49.6 Å². The topological polar surface area (TPSA) is 0 Å². The molecule has 0 aliphatic heterocycles. The van der Waals surface area contributed by atoms with Crippen LogP contribution in [0.25, 0.3) is 0 Å². The van der Waals surface area contributed by atoms with E-state index in [1.54, 1.807) is 0 Å². The summed E-state index contributed by atoms with van der Waals surface area (Å²) in [5.74, 6) is 0.407. The van der Waals surface area contributed by atoms with Crippen molar-refractivity contribution in [3.8, 4) is 0 Å². The van der Waals surface area contributed by atoms with E-state index in [1.807, 2.05) is 12.2 Å². The summed E-state index contributed by atoms with van der Waals surface area (Å²) < 4.78 is 0. The van der Waals surface area contributed by atoms with Crippen LogP contribution >= 0.6 is 0 Å². The van der Waals surface area contributed by atoms with Gasteiger partial charge in [-0.1, -0.05) is 43.4 Å². The third-order valence-corrected chi connectivity index (χ3v) is 2.70. The van der Waals surface area contributed by atoms with Crippen LogP contribution in [0.2, 0.25) is 0 Å². The molecule has 1 rings (SSSR count). The highest BCUT2D eigenvalue weighted by molar-refractivity contribution is 5.27. The predicted molar refractivity (Wildman–Crippen MR) is 54.9 cm³/mol. The van der Waals surface area contributed by atoms with Gasteiger partial charge < -0.3 is 0 Å². The van der Waals surface area contributed by atoms with Crippen LogP contribution in [0, 0.1) is 11.3 Å². The Balaban J connectivity index is 2.99. The molecule has 0 heteroatoms. The van der Waals surface area contributed by atoms with E-state index in [0.29, 0.717) is 5.92 Å². The maximum Gasteiger partial charge on any atom is 0.0156 e. The van der Waals surface area contributed by atoms with E-state index in [0.717, 1.165) is 6.42 Å². The molecule has 0 aromatic carbocycles. The molecule has 0 saturated heterocycles. The van der Waals surface area contributed by atoms with Gasteiger partial charge in [0.2, 0.25) is 0 Å². The molecule has 0 nitrogen and oxygen atoms in total. The van der Waals surface area contributed by atoms with Gasteiger partial charge in [-0.05, 0) is 6.42 Å². The largest absolute Gasteiger partial charge is 0.102 e.